The Morgan fingerprint density at radius 1 is 1.05 bits per heavy atom. The maximum atomic E-state index is 10.6. The fourth-order valence-corrected chi connectivity index (χ4v) is 2.46. The summed E-state index contributed by atoms with van der Waals surface area (Å²) in [6.07, 6.45) is -2.34. The molecular formula is C15H22O6. The van der Waals surface area contributed by atoms with Crippen molar-refractivity contribution in [2.75, 3.05) is 6.61 Å². The molecule has 118 valence electrons. The van der Waals surface area contributed by atoms with Crippen molar-refractivity contribution in [3.05, 3.63) is 30.3 Å². The van der Waals surface area contributed by atoms with E-state index in [1.165, 1.54) is 20.8 Å². The second-order valence-corrected chi connectivity index (χ2v) is 5.94. The van der Waals surface area contributed by atoms with Crippen LogP contribution in [0, 0.1) is 0 Å². The average Bonchev–Trinajstić information content (AvgIpc) is 2.42. The van der Waals surface area contributed by atoms with E-state index in [1.807, 2.05) is 6.07 Å². The number of rotatable bonds is 3. The van der Waals surface area contributed by atoms with E-state index in [0.29, 0.717) is 5.75 Å². The Hall–Kier alpha value is -1.18. The molecule has 1 saturated heterocycles. The van der Waals surface area contributed by atoms with Gasteiger partial charge in [0, 0.05) is 0 Å². The fourth-order valence-electron chi connectivity index (χ4n) is 2.46. The van der Waals surface area contributed by atoms with Gasteiger partial charge in [0.15, 0.2) is 5.60 Å². The third-order valence-electron chi connectivity index (χ3n) is 4.50. The number of aliphatic hydroxyl groups excluding tert-OH is 1. The zero-order valence-electron chi connectivity index (χ0n) is 12.4. The summed E-state index contributed by atoms with van der Waals surface area (Å²) >= 11 is 0. The maximum Gasteiger partial charge on any atom is 0.232 e. The monoisotopic (exact) mass is 298 g/mol. The summed E-state index contributed by atoms with van der Waals surface area (Å²) in [5.74, 6) is 0.441. The maximum absolute atomic E-state index is 10.6. The Kier molecular flexibility index (Phi) is 4.03. The van der Waals surface area contributed by atoms with Gasteiger partial charge in [0.1, 0.15) is 23.1 Å². The molecule has 21 heavy (non-hydrogen) atoms. The lowest BCUT2D eigenvalue weighted by Gasteiger charge is -2.56. The first kappa shape index (κ1) is 16.2. The van der Waals surface area contributed by atoms with Gasteiger partial charge in [0.2, 0.25) is 6.29 Å². The van der Waals surface area contributed by atoms with Crippen LogP contribution in [0.25, 0.3) is 0 Å². The van der Waals surface area contributed by atoms with E-state index in [4.69, 9.17) is 9.47 Å². The van der Waals surface area contributed by atoms with Crippen LogP contribution in [0.3, 0.4) is 0 Å². The van der Waals surface area contributed by atoms with E-state index in [2.05, 4.69) is 0 Å². The van der Waals surface area contributed by atoms with Crippen LogP contribution in [0.4, 0.5) is 0 Å². The Bertz CT molecular complexity index is 482. The minimum absolute atomic E-state index is 0.441. The summed E-state index contributed by atoms with van der Waals surface area (Å²) in [7, 11) is 0. The van der Waals surface area contributed by atoms with Crippen LogP contribution in [-0.4, -0.2) is 56.2 Å². The molecule has 2 rings (SSSR count). The zero-order valence-corrected chi connectivity index (χ0v) is 12.4. The van der Waals surface area contributed by atoms with Crippen LogP contribution in [-0.2, 0) is 4.74 Å². The predicted molar refractivity (Wildman–Crippen MR) is 74.7 cm³/mol. The molecule has 0 aromatic heterocycles. The van der Waals surface area contributed by atoms with Crippen LogP contribution >= 0.6 is 0 Å². The normalized spacial score (nSPS) is 43.6. The average molecular weight is 298 g/mol. The highest BCUT2D eigenvalue weighted by molar-refractivity contribution is 5.23. The molecule has 1 aliphatic heterocycles. The molecule has 6 nitrogen and oxygen atoms in total. The third-order valence-corrected chi connectivity index (χ3v) is 4.50. The van der Waals surface area contributed by atoms with Gasteiger partial charge in [-0.3, -0.25) is 0 Å². The van der Waals surface area contributed by atoms with Crippen molar-refractivity contribution in [2.24, 2.45) is 0 Å². The van der Waals surface area contributed by atoms with Crippen LogP contribution < -0.4 is 4.74 Å². The Labute approximate surface area is 123 Å². The predicted octanol–water partition coefficient (Wildman–Crippen LogP) is 0.0356. The van der Waals surface area contributed by atoms with E-state index < -0.39 is 35.8 Å². The smallest absolute Gasteiger partial charge is 0.232 e. The number of hydrogen-bond donors (Lipinski definition) is 4. The van der Waals surface area contributed by atoms with Crippen LogP contribution in [0.5, 0.6) is 5.75 Å². The minimum Gasteiger partial charge on any atom is -0.462 e. The van der Waals surface area contributed by atoms with Gasteiger partial charge in [-0.2, -0.15) is 0 Å². The Balaban J connectivity index is 2.34. The largest absolute Gasteiger partial charge is 0.462 e. The highest BCUT2D eigenvalue weighted by Gasteiger charge is 2.66. The van der Waals surface area contributed by atoms with Crippen LogP contribution in [0.15, 0.2) is 30.3 Å². The van der Waals surface area contributed by atoms with E-state index in [1.54, 1.807) is 24.3 Å². The number of para-hydroxylation sites is 1. The van der Waals surface area contributed by atoms with Gasteiger partial charge in [0.25, 0.3) is 0 Å². The van der Waals surface area contributed by atoms with E-state index in [9.17, 15) is 20.4 Å². The zero-order chi connectivity index (χ0) is 15.9. The number of hydrogen-bond acceptors (Lipinski definition) is 6. The van der Waals surface area contributed by atoms with Crippen molar-refractivity contribution in [1.82, 2.24) is 0 Å². The van der Waals surface area contributed by atoms with Crippen molar-refractivity contribution >= 4 is 0 Å². The molecule has 1 aromatic rings. The Morgan fingerprint density at radius 2 is 1.62 bits per heavy atom. The molecule has 0 saturated carbocycles. The summed E-state index contributed by atoms with van der Waals surface area (Å²) in [5, 5.41) is 41.1. The van der Waals surface area contributed by atoms with Gasteiger partial charge >= 0.3 is 0 Å². The first-order chi connectivity index (χ1) is 9.64. The van der Waals surface area contributed by atoms with Gasteiger partial charge < -0.3 is 29.9 Å². The number of ether oxygens (including phenoxy) is 2. The summed E-state index contributed by atoms with van der Waals surface area (Å²) in [6, 6.07) is 8.67. The van der Waals surface area contributed by atoms with Gasteiger partial charge in [-0.05, 0) is 32.9 Å². The van der Waals surface area contributed by atoms with E-state index in [0.717, 1.165) is 0 Å². The lowest BCUT2D eigenvalue weighted by Crippen LogP contribution is -2.78. The molecule has 3 unspecified atom stereocenters. The molecule has 1 aliphatic rings. The van der Waals surface area contributed by atoms with Crippen LogP contribution in [0.1, 0.15) is 20.8 Å². The molecular weight excluding hydrogens is 276 g/mol. The van der Waals surface area contributed by atoms with E-state index in [-0.39, 0.29) is 0 Å². The van der Waals surface area contributed by atoms with E-state index >= 15 is 0 Å². The highest BCUT2D eigenvalue weighted by atomic mass is 16.7. The van der Waals surface area contributed by atoms with Crippen molar-refractivity contribution in [3.8, 4) is 5.75 Å². The van der Waals surface area contributed by atoms with Crippen molar-refractivity contribution in [2.45, 2.75) is 50.0 Å². The molecule has 0 spiro atoms. The molecule has 0 bridgehead atoms. The van der Waals surface area contributed by atoms with Gasteiger partial charge in [-0.15, -0.1) is 0 Å². The molecule has 0 radical (unpaired) electrons. The molecule has 1 heterocycles. The second kappa shape index (κ2) is 5.23. The first-order valence-electron chi connectivity index (χ1n) is 6.79. The topological polar surface area (TPSA) is 99.4 Å². The first-order valence-corrected chi connectivity index (χ1v) is 6.79. The van der Waals surface area contributed by atoms with Gasteiger partial charge in [-0.25, -0.2) is 0 Å². The third kappa shape index (κ3) is 2.43. The molecule has 5 atom stereocenters. The molecule has 1 fully saturated rings. The number of benzene rings is 1. The number of aliphatic hydroxyl groups is 4. The van der Waals surface area contributed by atoms with Crippen molar-refractivity contribution in [3.63, 3.8) is 0 Å². The fraction of sp³-hybridized carbons (Fsp3) is 0.600. The highest BCUT2D eigenvalue weighted by Crippen LogP contribution is 2.44. The summed E-state index contributed by atoms with van der Waals surface area (Å²) in [4.78, 5) is 0. The van der Waals surface area contributed by atoms with Gasteiger partial charge in [-0.1, -0.05) is 18.2 Å². The Morgan fingerprint density at radius 3 is 2.14 bits per heavy atom. The second-order valence-electron chi connectivity index (χ2n) is 5.94. The standard InChI is InChI=1S/C15H22O6/c1-13(17)11(9-16)21-12(14(2,18)15(13,3)19)20-10-7-5-4-6-8-10/h4-8,11-12,16-19H,9H2,1-3H3/t11?,12-,13+,14?,15?/m1/s1. The lowest BCUT2D eigenvalue weighted by atomic mass is 9.68. The SMILES string of the molecule is CC1(O)[C@H](Oc2ccccc2)OC(CO)[C@](C)(O)C1(C)O. The van der Waals surface area contributed by atoms with Gasteiger partial charge in [0.05, 0.1) is 6.61 Å². The molecule has 0 aliphatic carbocycles. The summed E-state index contributed by atoms with van der Waals surface area (Å²) < 4.78 is 11.1. The van der Waals surface area contributed by atoms with Crippen molar-refractivity contribution < 1.29 is 29.9 Å². The van der Waals surface area contributed by atoms with Crippen LogP contribution in [0.2, 0.25) is 0 Å². The molecule has 6 heteroatoms. The molecule has 1 aromatic carbocycles. The molecule has 0 amide bonds. The molecule has 4 N–H and O–H groups in total. The quantitative estimate of drug-likeness (QED) is 0.628. The van der Waals surface area contributed by atoms with Crippen molar-refractivity contribution in [1.29, 1.82) is 0 Å². The minimum atomic E-state index is -1.95. The lowest BCUT2D eigenvalue weighted by molar-refractivity contribution is -0.376. The summed E-state index contributed by atoms with van der Waals surface area (Å²) in [5.41, 5.74) is -5.69. The summed E-state index contributed by atoms with van der Waals surface area (Å²) in [6.45, 7) is 3.40.